The molecule has 234 valence electrons. The topological polar surface area (TPSA) is 146 Å². The quantitative estimate of drug-likeness (QED) is 0.121. The van der Waals surface area contributed by atoms with E-state index in [1.54, 1.807) is 30.3 Å². The number of anilines is 2. The van der Waals surface area contributed by atoms with Crippen molar-refractivity contribution in [2.24, 2.45) is 4.99 Å². The van der Waals surface area contributed by atoms with Gasteiger partial charge in [0.05, 0.1) is 15.9 Å². The van der Waals surface area contributed by atoms with E-state index >= 15 is 0 Å². The van der Waals surface area contributed by atoms with Gasteiger partial charge in [0.1, 0.15) is 16.2 Å². The summed E-state index contributed by atoms with van der Waals surface area (Å²) in [6.45, 7) is 7.95. The molecule has 0 spiro atoms. The lowest BCUT2D eigenvalue weighted by Crippen LogP contribution is -2.07. The van der Waals surface area contributed by atoms with Crippen LogP contribution in [0.15, 0.2) is 110 Å². The zero-order chi connectivity index (χ0) is 33.0. The third-order valence-electron chi connectivity index (χ3n) is 7.93. The maximum absolute atomic E-state index is 12.7. The number of hydrogen-bond acceptors (Lipinski definition) is 7. The maximum atomic E-state index is 12.7. The lowest BCUT2D eigenvalue weighted by Gasteiger charge is -2.19. The first kappa shape index (κ1) is 31.2. The molecule has 46 heavy (non-hydrogen) atoms. The molecule has 0 amide bonds. The molecule has 0 aromatic heterocycles. The van der Waals surface area contributed by atoms with Crippen molar-refractivity contribution in [3.8, 4) is 22.5 Å². The number of hydrogen-bond donors (Lipinski definition) is 3. The molecule has 1 heterocycles. The van der Waals surface area contributed by atoms with E-state index in [4.69, 9.17) is 9.41 Å². The van der Waals surface area contributed by atoms with Crippen LogP contribution < -0.4 is 10.7 Å². The molecular formula is C35H30N2O7S2. The van der Waals surface area contributed by atoms with Crippen LogP contribution in [0.25, 0.3) is 33.4 Å². The molecule has 0 fully saturated rings. The fraction of sp³-hybridized carbons (Fsp3) is 0.114. The molecule has 0 atom stereocenters. The van der Waals surface area contributed by atoms with Crippen LogP contribution in [0.3, 0.4) is 0 Å². The molecule has 4 aromatic carbocycles. The van der Waals surface area contributed by atoms with Gasteiger partial charge in [-0.3, -0.25) is 9.11 Å². The van der Waals surface area contributed by atoms with Gasteiger partial charge in [-0.05, 0) is 86.3 Å². The highest BCUT2D eigenvalue weighted by Gasteiger charge is 2.26. The number of benzene rings is 5. The molecule has 0 saturated heterocycles. The maximum Gasteiger partial charge on any atom is 0.295 e. The Bertz CT molecular complexity index is 2410. The van der Waals surface area contributed by atoms with Crippen molar-refractivity contribution in [3.63, 3.8) is 0 Å². The minimum atomic E-state index is -4.96. The number of para-hydroxylation sites is 2. The Morgan fingerprint density at radius 3 is 1.93 bits per heavy atom. The van der Waals surface area contributed by atoms with Gasteiger partial charge in [-0.2, -0.15) is 16.8 Å². The van der Waals surface area contributed by atoms with Crippen molar-refractivity contribution in [1.29, 1.82) is 0 Å². The van der Waals surface area contributed by atoms with E-state index in [-0.39, 0.29) is 5.56 Å². The normalized spacial score (nSPS) is 12.6. The van der Waals surface area contributed by atoms with Gasteiger partial charge in [-0.15, -0.1) is 0 Å². The largest absolute Gasteiger partial charge is 0.456 e. The monoisotopic (exact) mass is 654 g/mol. The number of rotatable bonds is 6. The van der Waals surface area contributed by atoms with Crippen LogP contribution in [0.4, 0.5) is 17.1 Å². The van der Waals surface area contributed by atoms with Crippen molar-refractivity contribution in [1.82, 2.24) is 0 Å². The zero-order valence-corrected chi connectivity index (χ0v) is 27.0. The smallest absolute Gasteiger partial charge is 0.295 e. The van der Waals surface area contributed by atoms with Crippen LogP contribution in [-0.2, 0) is 20.2 Å². The Labute approximate surface area is 266 Å². The summed E-state index contributed by atoms with van der Waals surface area (Å²) >= 11 is 0. The first-order chi connectivity index (χ1) is 21.7. The summed E-state index contributed by atoms with van der Waals surface area (Å²) in [6.07, 6.45) is 0. The Morgan fingerprint density at radius 1 is 0.674 bits per heavy atom. The SMILES string of the molecule is Cc1cccc(C)c1N=c1ccc2c(-c3ccc(S(=O)(=O)O)cc3S(=O)(=O)O)c3ccc(Nc4c(C)cccc4C)cc3oc-2c1. The lowest BCUT2D eigenvalue weighted by atomic mass is 9.93. The van der Waals surface area contributed by atoms with E-state index in [0.717, 1.165) is 45.8 Å². The molecule has 0 bridgehead atoms. The fourth-order valence-corrected chi connectivity index (χ4v) is 6.97. The molecule has 0 saturated carbocycles. The van der Waals surface area contributed by atoms with Gasteiger partial charge in [0.15, 0.2) is 0 Å². The molecule has 2 aliphatic rings. The predicted molar refractivity (Wildman–Crippen MR) is 178 cm³/mol. The van der Waals surface area contributed by atoms with Crippen molar-refractivity contribution in [2.45, 2.75) is 37.5 Å². The Kier molecular flexibility index (Phi) is 7.81. The fourth-order valence-electron chi connectivity index (χ4n) is 5.67. The highest BCUT2D eigenvalue weighted by atomic mass is 32.2. The Balaban J connectivity index is 1.67. The van der Waals surface area contributed by atoms with Crippen molar-refractivity contribution in [2.75, 3.05) is 5.32 Å². The summed E-state index contributed by atoms with van der Waals surface area (Å²) in [5, 5.41) is 4.55. The third-order valence-corrected chi connectivity index (χ3v) is 9.68. The van der Waals surface area contributed by atoms with E-state index in [9.17, 15) is 25.9 Å². The molecule has 11 heteroatoms. The van der Waals surface area contributed by atoms with Gasteiger partial charge in [0, 0.05) is 45.6 Å². The summed E-state index contributed by atoms with van der Waals surface area (Å²) in [7, 11) is -9.72. The van der Waals surface area contributed by atoms with Crippen molar-refractivity contribution in [3.05, 3.63) is 119 Å². The van der Waals surface area contributed by atoms with Gasteiger partial charge in [-0.25, -0.2) is 4.99 Å². The van der Waals surface area contributed by atoms with Crippen LogP contribution >= 0.6 is 0 Å². The van der Waals surface area contributed by atoms with Crippen LogP contribution in [0.5, 0.6) is 0 Å². The molecule has 9 nitrogen and oxygen atoms in total. The summed E-state index contributed by atoms with van der Waals surface area (Å²) in [6, 6.07) is 25.6. The minimum Gasteiger partial charge on any atom is -0.456 e. The van der Waals surface area contributed by atoms with Gasteiger partial charge in [-0.1, -0.05) is 42.5 Å². The van der Waals surface area contributed by atoms with Crippen LogP contribution in [0.2, 0.25) is 0 Å². The third kappa shape index (κ3) is 5.93. The lowest BCUT2D eigenvalue weighted by molar-refractivity contribution is 0.481. The van der Waals surface area contributed by atoms with Crippen LogP contribution in [-0.4, -0.2) is 25.9 Å². The summed E-state index contributed by atoms with van der Waals surface area (Å²) < 4.78 is 75.4. The molecule has 0 radical (unpaired) electrons. The standard InChI is InChI=1S/C35H30N2O7S2/c1-20-7-5-8-21(2)34(20)36-24-11-14-27-30(17-24)44-31-18-25(37-35-22(3)9-6-10-23(35)4)12-15-28(31)33(27)29-16-13-26(45(38,39)40)19-32(29)46(41,42)43/h5-19,36H,1-4H3,(H,38,39,40)(H,41,42,43). The van der Waals surface area contributed by atoms with E-state index < -0.39 is 30.0 Å². The first-order valence-corrected chi connectivity index (χ1v) is 17.1. The highest BCUT2D eigenvalue weighted by Crippen LogP contribution is 2.43. The Morgan fingerprint density at radius 2 is 1.30 bits per heavy atom. The van der Waals surface area contributed by atoms with Gasteiger partial charge >= 0.3 is 0 Å². The summed E-state index contributed by atoms with van der Waals surface area (Å²) in [5.41, 5.74) is 7.84. The molecule has 1 aliphatic carbocycles. The number of nitrogens with one attached hydrogen (secondary N) is 1. The molecule has 1 aliphatic heterocycles. The van der Waals surface area contributed by atoms with Crippen molar-refractivity contribution < 1.29 is 30.4 Å². The van der Waals surface area contributed by atoms with Crippen LogP contribution in [0.1, 0.15) is 22.3 Å². The second-order valence-electron chi connectivity index (χ2n) is 11.2. The van der Waals surface area contributed by atoms with E-state index in [2.05, 4.69) is 5.32 Å². The second-order valence-corrected chi connectivity index (χ2v) is 14.0. The molecule has 3 N–H and O–H groups in total. The van der Waals surface area contributed by atoms with Gasteiger partial charge in [0.2, 0.25) is 0 Å². The highest BCUT2D eigenvalue weighted by molar-refractivity contribution is 7.86. The van der Waals surface area contributed by atoms with Gasteiger partial charge < -0.3 is 9.73 Å². The second kappa shape index (κ2) is 11.5. The van der Waals surface area contributed by atoms with E-state index in [1.807, 2.05) is 70.2 Å². The van der Waals surface area contributed by atoms with E-state index in [0.29, 0.717) is 38.9 Å². The number of nitrogens with zero attached hydrogens (tertiary/aromatic N) is 1. The zero-order valence-electron chi connectivity index (χ0n) is 25.4. The minimum absolute atomic E-state index is 0.0237. The predicted octanol–water partition coefficient (Wildman–Crippen LogP) is 7.91. The van der Waals surface area contributed by atoms with E-state index in [1.165, 1.54) is 6.07 Å². The molecule has 4 aromatic rings. The van der Waals surface area contributed by atoms with Gasteiger partial charge in [0.25, 0.3) is 20.2 Å². The molecular weight excluding hydrogens is 625 g/mol. The van der Waals surface area contributed by atoms with Crippen LogP contribution in [0, 0.1) is 27.7 Å². The first-order valence-electron chi connectivity index (χ1n) is 14.2. The average Bonchev–Trinajstić information content (AvgIpc) is 2.98. The summed E-state index contributed by atoms with van der Waals surface area (Å²) in [5.74, 6) is 0.374. The Hall–Kier alpha value is -4.81. The summed E-state index contributed by atoms with van der Waals surface area (Å²) in [4.78, 5) is 3.50. The molecule has 6 rings (SSSR count). The number of fused-ring (bicyclic) bond motifs is 2. The number of aryl methyl sites for hydroxylation is 4. The van der Waals surface area contributed by atoms with Crippen molar-refractivity contribution >= 4 is 48.3 Å². The average molecular weight is 655 g/mol. The molecule has 0 unspecified atom stereocenters.